The van der Waals surface area contributed by atoms with E-state index in [-0.39, 0.29) is 0 Å². The number of para-hydroxylation sites is 1. The minimum atomic E-state index is -2.44. The highest BCUT2D eigenvalue weighted by atomic mass is 32.1. The lowest BCUT2D eigenvalue weighted by molar-refractivity contribution is -0.240. The van der Waals surface area contributed by atoms with Gasteiger partial charge in [0.15, 0.2) is 23.9 Å². The third-order valence-corrected chi connectivity index (χ3v) is 10.3. The summed E-state index contributed by atoms with van der Waals surface area (Å²) >= 11 is 5.42. The molecule has 40 heavy (non-hydrogen) atoms. The molecule has 2 saturated carbocycles. The Kier molecular flexibility index (Phi) is 4.90. The molecule has 12 atom stereocenters. The van der Waals surface area contributed by atoms with Crippen LogP contribution in [0.3, 0.4) is 0 Å². The van der Waals surface area contributed by atoms with Crippen molar-refractivity contribution in [1.82, 2.24) is 0 Å². The van der Waals surface area contributed by atoms with Gasteiger partial charge in [0.25, 0.3) is 0 Å². The molecule has 0 radical (unpaired) electrons. The van der Waals surface area contributed by atoms with Crippen molar-refractivity contribution >= 4 is 35.4 Å². The van der Waals surface area contributed by atoms with E-state index in [9.17, 15) is 29.7 Å². The summed E-state index contributed by atoms with van der Waals surface area (Å²) < 4.78 is 35.2. The van der Waals surface area contributed by atoms with Crippen molar-refractivity contribution in [3.8, 4) is 5.75 Å². The molecule has 13 heteroatoms. The molecule has 7 rings (SSSR count). The van der Waals surface area contributed by atoms with Crippen LogP contribution in [0.4, 0.5) is 0 Å². The van der Waals surface area contributed by atoms with Crippen molar-refractivity contribution in [2.75, 3.05) is 0 Å². The average Bonchev–Trinajstić information content (AvgIpc) is 3.57. The fourth-order valence-electron chi connectivity index (χ4n) is 9.10. The van der Waals surface area contributed by atoms with E-state index in [1.54, 1.807) is 51.1 Å². The molecule has 1 aromatic carbocycles. The number of carbonyl (C=O) groups excluding carboxylic acids is 3. The van der Waals surface area contributed by atoms with Crippen LogP contribution in [0.25, 0.3) is 0 Å². The van der Waals surface area contributed by atoms with Crippen LogP contribution >= 0.6 is 12.2 Å². The minimum Gasteiger partial charge on any atom is -0.456 e. The zero-order valence-corrected chi connectivity index (χ0v) is 22.7. The van der Waals surface area contributed by atoms with E-state index in [0.717, 1.165) is 0 Å². The number of hydrogen-bond acceptors (Lipinski definition) is 13. The van der Waals surface area contributed by atoms with Crippen LogP contribution in [-0.4, -0.2) is 86.5 Å². The second-order valence-electron chi connectivity index (χ2n) is 12.5. The Morgan fingerprint density at radius 1 is 1.00 bits per heavy atom. The van der Waals surface area contributed by atoms with E-state index in [1.165, 1.54) is 6.92 Å². The predicted molar refractivity (Wildman–Crippen MR) is 132 cm³/mol. The molecule has 214 valence electrons. The second-order valence-corrected chi connectivity index (χ2v) is 12.9. The van der Waals surface area contributed by atoms with E-state index in [1.807, 2.05) is 0 Å². The predicted octanol–water partition coefficient (Wildman–Crippen LogP) is -0.0105. The van der Waals surface area contributed by atoms with Crippen molar-refractivity contribution < 1.29 is 58.1 Å². The zero-order chi connectivity index (χ0) is 28.8. The number of aliphatic hydroxyl groups is 3. The largest absolute Gasteiger partial charge is 0.456 e. The second kappa shape index (κ2) is 7.51. The first kappa shape index (κ1) is 26.1. The average molecular weight is 577 g/mol. The molecule has 4 saturated heterocycles. The van der Waals surface area contributed by atoms with Crippen molar-refractivity contribution in [2.24, 2.45) is 28.1 Å². The maximum atomic E-state index is 14.0. The Balaban J connectivity index is 1.50. The zero-order valence-electron chi connectivity index (χ0n) is 21.9. The lowest BCUT2D eigenvalue weighted by Gasteiger charge is -2.47. The quantitative estimate of drug-likeness (QED) is 0.245. The van der Waals surface area contributed by atoms with E-state index in [2.05, 4.69) is 0 Å². The number of fused-ring (bicyclic) bond motifs is 1. The Morgan fingerprint density at radius 3 is 2.33 bits per heavy atom. The highest BCUT2D eigenvalue weighted by Crippen LogP contribution is 2.85. The summed E-state index contributed by atoms with van der Waals surface area (Å²) in [5.74, 6) is -4.99. The molecule has 0 aromatic heterocycles. The topological polar surface area (TPSA) is 167 Å². The molecule has 3 N–H and O–H groups in total. The Labute approximate surface area is 233 Å². The van der Waals surface area contributed by atoms with E-state index >= 15 is 0 Å². The maximum absolute atomic E-state index is 14.0. The van der Waals surface area contributed by atoms with Crippen molar-refractivity contribution in [3.05, 3.63) is 30.3 Å². The summed E-state index contributed by atoms with van der Waals surface area (Å²) in [5, 5.41) is 35.5. The molecule has 4 unspecified atom stereocenters. The van der Waals surface area contributed by atoms with Crippen LogP contribution in [0.5, 0.6) is 5.75 Å². The first-order chi connectivity index (χ1) is 18.7. The summed E-state index contributed by atoms with van der Waals surface area (Å²) in [6.07, 6.45) is -9.62. The number of benzene rings is 1. The first-order valence-electron chi connectivity index (χ1n) is 13.0. The summed E-state index contributed by atoms with van der Waals surface area (Å²) in [4.78, 5) is 39.9. The van der Waals surface area contributed by atoms with Crippen molar-refractivity contribution in [3.63, 3.8) is 0 Å². The fourth-order valence-corrected chi connectivity index (χ4v) is 9.30. The van der Waals surface area contributed by atoms with Gasteiger partial charge in [-0.25, -0.2) is 9.59 Å². The minimum absolute atomic E-state index is 0.314. The van der Waals surface area contributed by atoms with Gasteiger partial charge in [0.1, 0.15) is 17.3 Å². The van der Waals surface area contributed by atoms with Crippen LogP contribution in [0.1, 0.15) is 27.7 Å². The highest BCUT2D eigenvalue weighted by Gasteiger charge is 3.06. The summed E-state index contributed by atoms with van der Waals surface area (Å²) in [6.45, 7) is 6.72. The third-order valence-electron chi connectivity index (χ3n) is 10.1. The summed E-state index contributed by atoms with van der Waals surface area (Å²) in [6, 6.07) is 8.41. The first-order valence-corrected chi connectivity index (χ1v) is 13.4. The summed E-state index contributed by atoms with van der Waals surface area (Å²) in [7, 11) is 0. The normalized spacial score (nSPS) is 49.5. The number of aliphatic hydroxyl groups excluding tert-OH is 2. The Hall–Kier alpha value is -2.84. The molecule has 2 spiro atoms. The van der Waals surface area contributed by atoms with Gasteiger partial charge >= 0.3 is 23.1 Å². The Bertz CT molecular complexity index is 1360. The number of esters is 3. The van der Waals surface area contributed by atoms with Crippen LogP contribution in [0.15, 0.2) is 30.3 Å². The van der Waals surface area contributed by atoms with E-state index in [4.69, 9.17) is 40.6 Å². The molecular weight excluding hydrogens is 548 g/mol. The van der Waals surface area contributed by atoms with Crippen molar-refractivity contribution in [2.45, 2.75) is 75.7 Å². The van der Waals surface area contributed by atoms with Gasteiger partial charge in [-0.2, -0.15) is 0 Å². The molecule has 1 aromatic rings. The van der Waals surface area contributed by atoms with Gasteiger partial charge in [-0.3, -0.25) is 4.79 Å². The molecule has 0 amide bonds. The molecule has 2 aliphatic carbocycles. The number of ether oxygens (including phenoxy) is 6. The number of thiocarbonyl (C=S) groups is 1. The Morgan fingerprint density at radius 2 is 1.68 bits per heavy atom. The molecule has 12 nitrogen and oxygen atoms in total. The van der Waals surface area contributed by atoms with Gasteiger partial charge in [-0.1, -0.05) is 39.0 Å². The van der Waals surface area contributed by atoms with Gasteiger partial charge in [0, 0.05) is 18.1 Å². The van der Waals surface area contributed by atoms with Gasteiger partial charge in [0.05, 0.1) is 17.4 Å². The molecule has 6 fully saturated rings. The SMILES string of the molecule is C[C@@H]1C(=O)OC2[C@H](OC(=S)Oc3ccccc3)C34C5OC(=O)[C@]3(O[C@@H]3OC(=O)[C@H](O)C34[C@H](C(C)(C)C)[C@H]5O)[C@]21O. The number of hydrogen-bond donors (Lipinski definition) is 3. The van der Waals surface area contributed by atoms with E-state index in [0.29, 0.717) is 5.75 Å². The molecular formula is C27H28O12S. The molecule has 4 heterocycles. The monoisotopic (exact) mass is 576 g/mol. The van der Waals surface area contributed by atoms with Crippen LogP contribution in [0, 0.1) is 28.1 Å². The van der Waals surface area contributed by atoms with Gasteiger partial charge < -0.3 is 43.7 Å². The van der Waals surface area contributed by atoms with Crippen LogP contribution in [-0.2, 0) is 38.1 Å². The van der Waals surface area contributed by atoms with Gasteiger partial charge in [0.2, 0.25) is 11.9 Å². The van der Waals surface area contributed by atoms with Gasteiger partial charge in [-0.05, 0) is 24.5 Å². The number of carbonyl (C=O) groups is 3. The third kappa shape index (κ3) is 2.38. The van der Waals surface area contributed by atoms with E-state index < -0.39 is 99.2 Å². The van der Waals surface area contributed by atoms with Crippen LogP contribution < -0.4 is 4.74 Å². The molecule has 6 aliphatic rings. The lowest BCUT2D eigenvalue weighted by Crippen LogP contribution is -2.67. The van der Waals surface area contributed by atoms with Crippen molar-refractivity contribution in [1.29, 1.82) is 0 Å². The summed E-state index contributed by atoms with van der Waals surface area (Å²) in [5.41, 5.74) is -9.60. The standard InChI is InChI=1S/C27H28O12S/c1-10-18(30)35-17-16(37-22(40)34-11-8-6-5-7-9-11)25-15-12(28)13(23(2,3)4)24(25)14(29)19(31)38-21(24)39-27(25,20(32)36-15)26(10,17)33/h5-10,12-17,21,28-29,33H,1-4H3/t10-,12-,13+,14+,15?,16+,17?,21+,24?,25?,26-,27-/m1/s1. The maximum Gasteiger partial charge on any atom is 0.358 e. The number of rotatable bonds is 2. The smallest absolute Gasteiger partial charge is 0.358 e. The van der Waals surface area contributed by atoms with Crippen LogP contribution in [0.2, 0.25) is 0 Å². The molecule has 4 aliphatic heterocycles. The fraction of sp³-hybridized carbons (Fsp3) is 0.630. The highest BCUT2D eigenvalue weighted by molar-refractivity contribution is 7.79. The lowest BCUT2D eigenvalue weighted by atomic mass is 9.51. The molecule has 0 bridgehead atoms. The van der Waals surface area contributed by atoms with Gasteiger partial charge in [-0.15, -0.1) is 0 Å².